The maximum absolute atomic E-state index is 13.4. The highest BCUT2D eigenvalue weighted by atomic mass is 32.2. The maximum Gasteiger partial charge on any atom is 0.278 e. The molecule has 1 atom stereocenters. The number of benzene rings is 2. The van der Waals surface area contributed by atoms with Gasteiger partial charge in [0.1, 0.15) is 16.7 Å². The lowest BCUT2D eigenvalue weighted by Crippen LogP contribution is -2.49. The van der Waals surface area contributed by atoms with Crippen LogP contribution in [0.15, 0.2) is 65.2 Å². The molecular formula is C24H24N4O3S. The molecule has 4 rings (SSSR count). The van der Waals surface area contributed by atoms with Crippen molar-refractivity contribution in [2.24, 2.45) is 0 Å². The molecule has 0 aromatic heterocycles. The number of amides is 2. The van der Waals surface area contributed by atoms with Crippen molar-refractivity contribution in [1.29, 1.82) is 5.26 Å². The number of nitrogens with zero attached hydrogens (tertiary/aromatic N) is 3. The van der Waals surface area contributed by atoms with E-state index in [4.69, 9.17) is 4.74 Å². The quantitative estimate of drug-likeness (QED) is 0.559. The summed E-state index contributed by atoms with van der Waals surface area (Å²) in [7, 11) is 0. The van der Waals surface area contributed by atoms with Gasteiger partial charge in [0.05, 0.1) is 18.5 Å². The van der Waals surface area contributed by atoms with Crippen molar-refractivity contribution in [2.45, 2.75) is 18.6 Å². The number of nitriles is 1. The van der Waals surface area contributed by atoms with Crippen LogP contribution in [0, 0.1) is 18.3 Å². The number of carbonyl (C=O) groups excluding carboxylic acids is 2. The fourth-order valence-corrected chi connectivity index (χ4v) is 4.92. The minimum atomic E-state index is -0.512. The normalized spacial score (nSPS) is 20.7. The monoisotopic (exact) mass is 448 g/mol. The van der Waals surface area contributed by atoms with E-state index in [9.17, 15) is 14.9 Å². The van der Waals surface area contributed by atoms with Crippen LogP contribution >= 0.6 is 11.8 Å². The molecule has 1 N–H and O–H groups in total. The topological polar surface area (TPSA) is 85.7 Å². The Hall–Kier alpha value is -3.12. The zero-order valence-corrected chi connectivity index (χ0v) is 18.6. The molecule has 2 aromatic carbocycles. The summed E-state index contributed by atoms with van der Waals surface area (Å²) in [6.07, 6.45) is 0.514. The highest BCUT2D eigenvalue weighted by Crippen LogP contribution is 2.41. The van der Waals surface area contributed by atoms with Crippen molar-refractivity contribution in [3.8, 4) is 6.07 Å². The van der Waals surface area contributed by atoms with E-state index in [1.807, 2.05) is 67.6 Å². The number of rotatable bonds is 5. The summed E-state index contributed by atoms with van der Waals surface area (Å²) >= 11 is 1.27. The van der Waals surface area contributed by atoms with Gasteiger partial charge in [0, 0.05) is 18.8 Å². The minimum absolute atomic E-state index is 0.0647. The van der Waals surface area contributed by atoms with Crippen LogP contribution in [0.5, 0.6) is 0 Å². The van der Waals surface area contributed by atoms with E-state index in [0.717, 1.165) is 11.1 Å². The summed E-state index contributed by atoms with van der Waals surface area (Å²) in [6.45, 7) is 4.14. The smallest absolute Gasteiger partial charge is 0.278 e. The van der Waals surface area contributed by atoms with Crippen molar-refractivity contribution in [3.05, 3.63) is 76.3 Å². The maximum atomic E-state index is 13.4. The van der Waals surface area contributed by atoms with Gasteiger partial charge in [-0.25, -0.2) is 5.01 Å². The summed E-state index contributed by atoms with van der Waals surface area (Å²) in [5.41, 5.74) is 5.54. The zero-order chi connectivity index (χ0) is 22.5. The second-order valence-electron chi connectivity index (χ2n) is 7.64. The molecule has 2 aromatic rings. The van der Waals surface area contributed by atoms with Gasteiger partial charge in [0.2, 0.25) is 5.91 Å². The molecule has 2 fully saturated rings. The average Bonchev–Trinajstić information content (AvgIpc) is 3.12. The van der Waals surface area contributed by atoms with Gasteiger partial charge in [-0.15, -0.1) is 0 Å². The van der Waals surface area contributed by atoms with Gasteiger partial charge < -0.3 is 4.74 Å². The summed E-state index contributed by atoms with van der Waals surface area (Å²) in [6, 6.07) is 19.2. The van der Waals surface area contributed by atoms with Crippen molar-refractivity contribution < 1.29 is 14.3 Å². The molecule has 7 nitrogen and oxygen atoms in total. The van der Waals surface area contributed by atoms with E-state index >= 15 is 0 Å². The van der Waals surface area contributed by atoms with Crippen LogP contribution in [-0.4, -0.2) is 48.4 Å². The Bertz CT molecular complexity index is 1060. The Morgan fingerprint density at radius 2 is 1.84 bits per heavy atom. The lowest BCUT2D eigenvalue weighted by atomic mass is 10.1. The molecule has 2 aliphatic rings. The number of hydrogen-bond donors (Lipinski definition) is 1. The molecule has 0 spiro atoms. The van der Waals surface area contributed by atoms with Gasteiger partial charge in [0.15, 0.2) is 0 Å². The third kappa shape index (κ3) is 4.86. The van der Waals surface area contributed by atoms with E-state index in [1.165, 1.54) is 16.7 Å². The van der Waals surface area contributed by atoms with E-state index in [2.05, 4.69) is 5.43 Å². The summed E-state index contributed by atoms with van der Waals surface area (Å²) < 4.78 is 5.31. The highest BCUT2D eigenvalue weighted by molar-refractivity contribution is 8.05. The molecule has 2 amide bonds. The first-order valence-electron chi connectivity index (χ1n) is 10.5. The Morgan fingerprint density at radius 3 is 2.50 bits per heavy atom. The van der Waals surface area contributed by atoms with Crippen molar-refractivity contribution in [2.75, 3.05) is 31.2 Å². The SMILES string of the molecule is Cc1ccc(C[C@@H]2S/C(=C(/C#N)C(=O)NN3CCOCC3)N(c3ccccc3)C2=O)cc1. The summed E-state index contributed by atoms with van der Waals surface area (Å²) in [5.74, 6) is -0.648. The van der Waals surface area contributed by atoms with Crippen LogP contribution < -0.4 is 10.3 Å². The number of hydrazine groups is 1. The largest absolute Gasteiger partial charge is 0.379 e. The standard InChI is InChI=1S/C24H24N4O3S/c1-17-7-9-18(10-8-17)15-21-23(30)28(19-5-3-2-4-6-19)24(32-21)20(16-25)22(29)26-27-11-13-31-14-12-27/h2-10,21H,11-15H2,1H3,(H,26,29)/b24-20-/t21-/m0/s1. The van der Waals surface area contributed by atoms with E-state index in [0.29, 0.717) is 43.4 Å². The molecule has 2 aliphatic heterocycles. The fraction of sp³-hybridized carbons (Fsp3) is 0.292. The third-order valence-corrected chi connectivity index (χ3v) is 6.60. The Labute approximate surface area is 191 Å². The van der Waals surface area contributed by atoms with Crippen molar-refractivity contribution >= 4 is 29.3 Å². The predicted octanol–water partition coefficient (Wildman–Crippen LogP) is 2.78. The lowest BCUT2D eigenvalue weighted by molar-refractivity contribution is -0.123. The third-order valence-electron chi connectivity index (χ3n) is 5.33. The first-order valence-corrected chi connectivity index (χ1v) is 11.3. The molecule has 2 heterocycles. The number of carbonyl (C=O) groups is 2. The zero-order valence-electron chi connectivity index (χ0n) is 17.8. The second-order valence-corrected chi connectivity index (χ2v) is 8.83. The molecule has 0 radical (unpaired) electrons. The Morgan fingerprint density at radius 1 is 1.16 bits per heavy atom. The van der Waals surface area contributed by atoms with Gasteiger partial charge in [0.25, 0.3) is 5.91 Å². The van der Waals surface area contributed by atoms with Crippen molar-refractivity contribution in [1.82, 2.24) is 10.4 Å². The van der Waals surface area contributed by atoms with Crippen LogP contribution in [-0.2, 0) is 20.7 Å². The van der Waals surface area contributed by atoms with Crippen LogP contribution in [0.25, 0.3) is 0 Å². The Balaban J connectivity index is 1.66. The number of nitrogens with one attached hydrogen (secondary N) is 1. The van der Waals surface area contributed by atoms with E-state index in [1.54, 1.807) is 5.01 Å². The van der Waals surface area contributed by atoms with Crippen LogP contribution in [0.1, 0.15) is 11.1 Å². The first-order chi connectivity index (χ1) is 15.6. The molecule has 32 heavy (non-hydrogen) atoms. The number of hydrogen-bond acceptors (Lipinski definition) is 6. The molecular weight excluding hydrogens is 424 g/mol. The molecule has 0 aliphatic carbocycles. The number of thioether (sulfide) groups is 1. The molecule has 2 saturated heterocycles. The minimum Gasteiger partial charge on any atom is -0.379 e. The molecule has 164 valence electrons. The molecule has 8 heteroatoms. The van der Waals surface area contributed by atoms with E-state index in [-0.39, 0.29) is 11.5 Å². The van der Waals surface area contributed by atoms with Crippen LogP contribution in [0.2, 0.25) is 0 Å². The summed E-state index contributed by atoms with van der Waals surface area (Å²) in [4.78, 5) is 27.9. The number of ether oxygens (including phenoxy) is 1. The van der Waals surface area contributed by atoms with Gasteiger partial charge >= 0.3 is 0 Å². The molecule has 0 bridgehead atoms. The molecule has 0 unspecified atom stereocenters. The van der Waals surface area contributed by atoms with Gasteiger partial charge in [-0.1, -0.05) is 59.8 Å². The number of aryl methyl sites for hydroxylation is 1. The number of para-hydroxylation sites is 1. The lowest BCUT2D eigenvalue weighted by Gasteiger charge is -2.27. The number of morpholine rings is 1. The highest BCUT2D eigenvalue weighted by Gasteiger charge is 2.41. The first kappa shape index (κ1) is 22.1. The average molecular weight is 449 g/mol. The van der Waals surface area contributed by atoms with Gasteiger partial charge in [-0.05, 0) is 31.0 Å². The van der Waals surface area contributed by atoms with Gasteiger partial charge in [-0.3, -0.25) is 19.9 Å². The van der Waals surface area contributed by atoms with Crippen LogP contribution in [0.4, 0.5) is 5.69 Å². The predicted molar refractivity (Wildman–Crippen MR) is 123 cm³/mol. The second kappa shape index (κ2) is 10.0. The van der Waals surface area contributed by atoms with Crippen molar-refractivity contribution in [3.63, 3.8) is 0 Å². The van der Waals surface area contributed by atoms with Crippen LogP contribution in [0.3, 0.4) is 0 Å². The van der Waals surface area contributed by atoms with Gasteiger partial charge in [-0.2, -0.15) is 5.26 Å². The summed E-state index contributed by atoms with van der Waals surface area (Å²) in [5, 5.41) is 11.6. The number of anilines is 1. The molecule has 0 saturated carbocycles. The fourth-order valence-electron chi connectivity index (χ4n) is 3.61. The van der Waals surface area contributed by atoms with E-state index < -0.39 is 11.2 Å². The Kier molecular flexibility index (Phi) is 6.90.